The highest BCUT2D eigenvalue weighted by Gasteiger charge is 2.15. The highest BCUT2D eigenvalue weighted by Crippen LogP contribution is 2.18. The van der Waals surface area contributed by atoms with Crippen molar-refractivity contribution in [2.75, 3.05) is 36.6 Å². The Bertz CT molecular complexity index is 816. The van der Waals surface area contributed by atoms with Crippen LogP contribution in [0.1, 0.15) is 30.3 Å². The average Bonchev–Trinajstić information content (AvgIpc) is 2.67. The van der Waals surface area contributed by atoms with Crippen LogP contribution in [0.15, 0.2) is 35.4 Å². The Morgan fingerprint density at radius 3 is 2.85 bits per heavy atom. The number of nitrogens with one attached hydrogen (secondary N) is 1. The molecule has 142 valence electrons. The van der Waals surface area contributed by atoms with Gasteiger partial charge in [0.2, 0.25) is 0 Å². The molecule has 0 unspecified atom stereocenters. The Hall–Kier alpha value is -2.80. The van der Waals surface area contributed by atoms with Crippen LogP contribution in [-0.2, 0) is 16.0 Å². The first-order chi connectivity index (χ1) is 13.1. The van der Waals surface area contributed by atoms with Crippen LogP contribution in [0.25, 0.3) is 0 Å². The first-order valence-electron chi connectivity index (χ1n) is 9.16. The maximum Gasteiger partial charge on any atom is 0.152 e. The maximum absolute atomic E-state index is 11.3. The van der Waals surface area contributed by atoms with E-state index in [9.17, 15) is 4.79 Å². The largest absolute Gasteiger partial charge is 0.378 e. The molecule has 1 N–H and O–H groups in total. The van der Waals surface area contributed by atoms with Gasteiger partial charge in [-0.05, 0) is 19.4 Å². The minimum atomic E-state index is 0.127. The monoisotopic (exact) mass is 367 g/mol. The molecule has 1 aromatic heterocycles. The molecule has 1 saturated heterocycles. The predicted molar refractivity (Wildman–Crippen MR) is 106 cm³/mol. The fourth-order valence-electron chi connectivity index (χ4n) is 2.82. The fraction of sp³-hybridized carbons (Fsp3) is 0.400. The van der Waals surface area contributed by atoms with Gasteiger partial charge in [-0.3, -0.25) is 5.43 Å². The molecule has 1 fully saturated rings. The summed E-state index contributed by atoms with van der Waals surface area (Å²) in [5, 5.41) is 4.30. The van der Waals surface area contributed by atoms with Crippen LogP contribution < -0.4 is 10.3 Å². The van der Waals surface area contributed by atoms with Crippen molar-refractivity contribution in [3.63, 3.8) is 0 Å². The Morgan fingerprint density at radius 2 is 2.11 bits per heavy atom. The number of hydrogen-bond acceptors (Lipinski definition) is 7. The lowest BCUT2D eigenvalue weighted by molar-refractivity contribution is -0.117. The number of ether oxygens (including phenoxy) is 1. The van der Waals surface area contributed by atoms with Gasteiger partial charge in [-0.2, -0.15) is 5.10 Å². The summed E-state index contributed by atoms with van der Waals surface area (Å²) in [6.45, 7) is 6.56. The Kier molecular flexibility index (Phi) is 6.49. The van der Waals surface area contributed by atoms with Crippen LogP contribution in [0.3, 0.4) is 0 Å². The smallest absolute Gasteiger partial charge is 0.152 e. The summed E-state index contributed by atoms with van der Waals surface area (Å²) in [6, 6.07) is 9.98. The topological polar surface area (TPSA) is 79.7 Å². The molecule has 1 aromatic carbocycles. The number of carbonyl (C=O) groups is 1. The number of aryl methyl sites for hydroxylation is 2. The molecule has 2 aromatic rings. The number of hydrazone groups is 1. The minimum absolute atomic E-state index is 0.127. The third-order valence-corrected chi connectivity index (χ3v) is 4.23. The van der Waals surface area contributed by atoms with E-state index in [1.165, 1.54) is 5.56 Å². The number of anilines is 2. The SMILES string of the molecule is CC(=O)CCc1nc(N/N=C/c2cccc(C)c2)cc(N2CCOCC2)n1. The van der Waals surface area contributed by atoms with Gasteiger partial charge in [0.25, 0.3) is 0 Å². The Labute approximate surface area is 159 Å². The summed E-state index contributed by atoms with van der Waals surface area (Å²) in [7, 11) is 0. The van der Waals surface area contributed by atoms with E-state index in [0.29, 0.717) is 37.7 Å². The van der Waals surface area contributed by atoms with E-state index in [0.717, 1.165) is 24.5 Å². The summed E-state index contributed by atoms with van der Waals surface area (Å²) in [5.74, 6) is 2.22. The molecule has 0 radical (unpaired) electrons. The van der Waals surface area contributed by atoms with Gasteiger partial charge in [0, 0.05) is 32.0 Å². The normalized spacial score (nSPS) is 14.5. The summed E-state index contributed by atoms with van der Waals surface area (Å²) in [4.78, 5) is 22.6. The number of rotatable bonds is 7. The summed E-state index contributed by atoms with van der Waals surface area (Å²) >= 11 is 0. The second-order valence-corrected chi connectivity index (χ2v) is 6.61. The zero-order valence-electron chi connectivity index (χ0n) is 15.8. The van der Waals surface area contributed by atoms with Crippen LogP contribution in [0.5, 0.6) is 0 Å². The van der Waals surface area contributed by atoms with Gasteiger partial charge in [0.1, 0.15) is 17.4 Å². The van der Waals surface area contributed by atoms with Crippen molar-refractivity contribution in [3.05, 3.63) is 47.3 Å². The van der Waals surface area contributed by atoms with Crippen molar-refractivity contribution in [1.82, 2.24) is 9.97 Å². The fourth-order valence-corrected chi connectivity index (χ4v) is 2.82. The van der Waals surface area contributed by atoms with E-state index in [2.05, 4.69) is 31.5 Å². The molecule has 0 amide bonds. The molecule has 0 saturated carbocycles. The molecule has 1 aliphatic rings. The van der Waals surface area contributed by atoms with E-state index < -0.39 is 0 Å². The van der Waals surface area contributed by atoms with Crippen molar-refractivity contribution in [3.8, 4) is 0 Å². The highest BCUT2D eigenvalue weighted by atomic mass is 16.5. The molecule has 3 rings (SSSR count). The van der Waals surface area contributed by atoms with Gasteiger partial charge in [0.05, 0.1) is 19.4 Å². The standard InChI is InChI=1S/C20H25N5O2/c1-15-4-3-5-17(12-15)14-21-24-19-13-20(25-8-10-27-11-9-25)23-18(22-19)7-6-16(2)26/h3-5,12-14H,6-11H2,1-2H3,(H,22,23,24)/b21-14+. The lowest BCUT2D eigenvalue weighted by atomic mass is 10.2. The number of Topliss-reactive ketones (excluding diaryl/α,β-unsaturated/α-hetero) is 1. The lowest BCUT2D eigenvalue weighted by Crippen LogP contribution is -2.37. The molecule has 7 heteroatoms. The third-order valence-electron chi connectivity index (χ3n) is 4.23. The number of hydrogen-bond donors (Lipinski definition) is 1. The number of ketones is 1. The quantitative estimate of drug-likeness (QED) is 0.598. The molecule has 0 bridgehead atoms. The molecule has 0 aliphatic carbocycles. The first-order valence-corrected chi connectivity index (χ1v) is 9.16. The summed E-state index contributed by atoms with van der Waals surface area (Å²) in [5.41, 5.74) is 5.19. The van der Waals surface area contributed by atoms with Crippen molar-refractivity contribution >= 4 is 23.6 Å². The second-order valence-electron chi connectivity index (χ2n) is 6.61. The van der Waals surface area contributed by atoms with Gasteiger partial charge < -0.3 is 14.4 Å². The van der Waals surface area contributed by atoms with Crippen LogP contribution in [0.4, 0.5) is 11.6 Å². The van der Waals surface area contributed by atoms with Crippen molar-refractivity contribution in [1.29, 1.82) is 0 Å². The van der Waals surface area contributed by atoms with Gasteiger partial charge in [-0.15, -0.1) is 0 Å². The van der Waals surface area contributed by atoms with Crippen molar-refractivity contribution in [2.45, 2.75) is 26.7 Å². The third kappa shape index (κ3) is 5.86. The first kappa shape index (κ1) is 19.0. The van der Waals surface area contributed by atoms with E-state index in [-0.39, 0.29) is 5.78 Å². The van der Waals surface area contributed by atoms with E-state index in [1.54, 1.807) is 13.1 Å². The Balaban J connectivity index is 1.77. The van der Waals surface area contributed by atoms with Crippen molar-refractivity contribution < 1.29 is 9.53 Å². The number of morpholine rings is 1. The van der Waals surface area contributed by atoms with Crippen LogP contribution in [-0.4, -0.2) is 48.3 Å². The zero-order chi connectivity index (χ0) is 19.1. The van der Waals surface area contributed by atoms with Gasteiger partial charge in [-0.25, -0.2) is 9.97 Å². The van der Waals surface area contributed by atoms with Gasteiger partial charge in [-0.1, -0.05) is 29.8 Å². The number of carbonyl (C=O) groups excluding carboxylic acids is 1. The van der Waals surface area contributed by atoms with E-state index in [4.69, 9.17) is 4.74 Å². The maximum atomic E-state index is 11.3. The summed E-state index contributed by atoms with van der Waals surface area (Å²) < 4.78 is 5.42. The minimum Gasteiger partial charge on any atom is -0.378 e. The average molecular weight is 367 g/mol. The van der Waals surface area contributed by atoms with Crippen LogP contribution in [0.2, 0.25) is 0 Å². The molecule has 27 heavy (non-hydrogen) atoms. The van der Waals surface area contributed by atoms with E-state index in [1.807, 2.05) is 31.2 Å². The molecular weight excluding hydrogens is 342 g/mol. The summed E-state index contributed by atoms with van der Waals surface area (Å²) in [6.07, 6.45) is 2.71. The van der Waals surface area contributed by atoms with E-state index >= 15 is 0 Å². The molecule has 0 atom stereocenters. The number of aromatic nitrogens is 2. The molecule has 2 heterocycles. The van der Waals surface area contributed by atoms with Gasteiger partial charge in [0.15, 0.2) is 5.82 Å². The van der Waals surface area contributed by atoms with Crippen molar-refractivity contribution in [2.24, 2.45) is 5.10 Å². The Morgan fingerprint density at radius 1 is 1.30 bits per heavy atom. The number of benzene rings is 1. The molecule has 1 aliphatic heterocycles. The van der Waals surface area contributed by atoms with Gasteiger partial charge >= 0.3 is 0 Å². The zero-order valence-corrected chi connectivity index (χ0v) is 15.8. The molecular formula is C20H25N5O2. The van der Waals surface area contributed by atoms with Crippen LogP contribution in [0, 0.1) is 6.92 Å². The number of nitrogens with zero attached hydrogens (tertiary/aromatic N) is 4. The highest BCUT2D eigenvalue weighted by molar-refractivity contribution is 5.80. The molecule has 7 nitrogen and oxygen atoms in total. The molecule has 0 spiro atoms. The lowest BCUT2D eigenvalue weighted by Gasteiger charge is -2.28. The second kappa shape index (κ2) is 9.23. The van der Waals surface area contributed by atoms with Crippen LogP contribution >= 0.6 is 0 Å². The predicted octanol–water partition coefficient (Wildman–Crippen LogP) is 2.59.